The van der Waals surface area contributed by atoms with Crippen molar-refractivity contribution in [3.05, 3.63) is 0 Å². The Morgan fingerprint density at radius 1 is 1.23 bits per heavy atom. The average Bonchev–Trinajstić information content (AvgIpc) is 2.41. The second kappa shape index (κ2) is 11.0. The molecular formula is C16H35IN4S. The van der Waals surface area contributed by atoms with Gasteiger partial charge in [0.2, 0.25) is 0 Å². The third kappa shape index (κ3) is 7.73. The lowest BCUT2D eigenvalue weighted by Gasteiger charge is -2.45. The molecule has 1 aliphatic rings. The monoisotopic (exact) mass is 442 g/mol. The number of piperidine rings is 1. The van der Waals surface area contributed by atoms with Gasteiger partial charge in [0, 0.05) is 44.5 Å². The lowest BCUT2D eigenvalue weighted by molar-refractivity contribution is 0.0483. The van der Waals surface area contributed by atoms with Gasteiger partial charge in [0.1, 0.15) is 0 Å². The number of nitrogens with one attached hydrogen (secondary N) is 2. The van der Waals surface area contributed by atoms with Gasteiger partial charge in [0.15, 0.2) is 5.96 Å². The molecule has 6 heteroatoms. The second-order valence-electron chi connectivity index (χ2n) is 7.01. The Morgan fingerprint density at radius 3 is 2.32 bits per heavy atom. The van der Waals surface area contributed by atoms with Gasteiger partial charge in [-0.2, -0.15) is 11.8 Å². The molecule has 2 unspecified atom stereocenters. The van der Waals surface area contributed by atoms with Gasteiger partial charge in [-0.1, -0.05) is 13.8 Å². The van der Waals surface area contributed by atoms with Crippen LogP contribution in [0.1, 0.15) is 34.1 Å². The van der Waals surface area contributed by atoms with Crippen molar-refractivity contribution >= 4 is 41.7 Å². The number of aliphatic imine (C=N–C) groups is 1. The number of hydrogen-bond donors (Lipinski definition) is 2. The zero-order valence-corrected chi connectivity index (χ0v) is 18.3. The standard InChI is InChI=1S/C16H34N4S.HI/c1-13-9-14(2)11-20(10-13)16(3,4)12-19-15(17-5)18-7-8-21-6;/h13-14H,7-12H2,1-6H3,(H2,17,18,19);1H. The van der Waals surface area contributed by atoms with E-state index < -0.39 is 0 Å². The first-order valence-corrected chi connectivity index (χ1v) is 9.47. The third-order valence-electron chi connectivity index (χ3n) is 4.24. The molecule has 2 atom stereocenters. The van der Waals surface area contributed by atoms with Gasteiger partial charge in [-0.25, -0.2) is 0 Å². The van der Waals surface area contributed by atoms with Crippen LogP contribution in [0.3, 0.4) is 0 Å². The van der Waals surface area contributed by atoms with Crippen molar-refractivity contribution in [2.24, 2.45) is 16.8 Å². The molecule has 0 amide bonds. The van der Waals surface area contributed by atoms with Crippen LogP contribution in [0.5, 0.6) is 0 Å². The highest BCUT2D eigenvalue weighted by Gasteiger charge is 2.32. The molecule has 1 aliphatic heterocycles. The summed E-state index contributed by atoms with van der Waals surface area (Å²) < 4.78 is 0. The van der Waals surface area contributed by atoms with Crippen molar-refractivity contribution in [2.45, 2.75) is 39.7 Å². The summed E-state index contributed by atoms with van der Waals surface area (Å²) in [4.78, 5) is 6.94. The predicted octanol–water partition coefficient (Wildman–Crippen LogP) is 2.89. The Labute approximate surface area is 158 Å². The molecule has 1 rings (SSSR count). The predicted molar refractivity (Wildman–Crippen MR) is 112 cm³/mol. The van der Waals surface area contributed by atoms with Crippen LogP contribution < -0.4 is 10.6 Å². The maximum Gasteiger partial charge on any atom is 0.191 e. The van der Waals surface area contributed by atoms with Crippen LogP contribution in [0.25, 0.3) is 0 Å². The largest absolute Gasteiger partial charge is 0.356 e. The van der Waals surface area contributed by atoms with Gasteiger partial charge in [0.05, 0.1) is 0 Å². The smallest absolute Gasteiger partial charge is 0.191 e. The summed E-state index contributed by atoms with van der Waals surface area (Å²) in [6.45, 7) is 13.7. The van der Waals surface area contributed by atoms with E-state index >= 15 is 0 Å². The van der Waals surface area contributed by atoms with Gasteiger partial charge in [-0.3, -0.25) is 9.89 Å². The van der Waals surface area contributed by atoms with Crippen LogP contribution in [-0.2, 0) is 0 Å². The fourth-order valence-corrected chi connectivity index (χ4v) is 3.37. The summed E-state index contributed by atoms with van der Waals surface area (Å²) in [5.74, 6) is 3.61. The van der Waals surface area contributed by atoms with Crippen LogP contribution >= 0.6 is 35.7 Å². The quantitative estimate of drug-likeness (QED) is 0.287. The number of nitrogens with zero attached hydrogens (tertiary/aromatic N) is 2. The maximum absolute atomic E-state index is 4.30. The van der Waals surface area contributed by atoms with E-state index in [-0.39, 0.29) is 29.5 Å². The Hall–Kier alpha value is 0.310. The molecule has 0 spiro atoms. The first kappa shape index (κ1) is 22.3. The molecule has 1 saturated heterocycles. The lowest BCUT2D eigenvalue weighted by Crippen LogP contribution is -2.57. The van der Waals surface area contributed by atoms with Crippen molar-refractivity contribution in [1.82, 2.24) is 15.5 Å². The topological polar surface area (TPSA) is 39.7 Å². The molecule has 0 aromatic carbocycles. The van der Waals surface area contributed by atoms with E-state index in [0.29, 0.717) is 0 Å². The number of hydrogen-bond acceptors (Lipinski definition) is 3. The van der Waals surface area contributed by atoms with Crippen molar-refractivity contribution < 1.29 is 0 Å². The summed E-state index contributed by atoms with van der Waals surface area (Å²) in [5.41, 5.74) is 0.153. The van der Waals surface area contributed by atoms with Crippen LogP contribution in [-0.4, -0.2) is 61.6 Å². The van der Waals surface area contributed by atoms with Gasteiger partial charge in [-0.15, -0.1) is 24.0 Å². The molecule has 132 valence electrons. The van der Waals surface area contributed by atoms with Crippen LogP contribution in [0, 0.1) is 11.8 Å². The minimum Gasteiger partial charge on any atom is -0.356 e. The highest BCUT2D eigenvalue weighted by Crippen LogP contribution is 2.26. The van der Waals surface area contributed by atoms with Crippen LogP contribution in [0.15, 0.2) is 4.99 Å². The average molecular weight is 442 g/mol. The minimum atomic E-state index is 0. The minimum absolute atomic E-state index is 0. The van der Waals surface area contributed by atoms with Gasteiger partial charge >= 0.3 is 0 Å². The number of rotatable bonds is 6. The third-order valence-corrected chi connectivity index (χ3v) is 4.85. The van der Waals surface area contributed by atoms with Crippen LogP contribution in [0.2, 0.25) is 0 Å². The van der Waals surface area contributed by atoms with E-state index in [1.807, 2.05) is 18.8 Å². The van der Waals surface area contributed by atoms with E-state index in [0.717, 1.165) is 36.6 Å². The number of likely N-dealkylation sites (tertiary alicyclic amines) is 1. The molecule has 0 saturated carbocycles. The second-order valence-corrected chi connectivity index (χ2v) is 7.99. The molecule has 22 heavy (non-hydrogen) atoms. The fraction of sp³-hybridized carbons (Fsp3) is 0.938. The highest BCUT2D eigenvalue weighted by atomic mass is 127. The van der Waals surface area contributed by atoms with E-state index in [1.54, 1.807) is 0 Å². The number of thioether (sulfide) groups is 1. The molecule has 1 fully saturated rings. The highest BCUT2D eigenvalue weighted by molar-refractivity contribution is 14.0. The SMILES string of the molecule is CN=C(NCCSC)NCC(C)(C)N1CC(C)CC(C)C1.I. The molecule has 0 bridgehead atoms. The zero-order valence-electron chi connectivity index (χ0n) is 15.1. The maximum atomic E-state index is 4.30. The molecule has 2 N–H and O–H groups in total. The Morgan fingerprint density at radius 2 is 1.82 bits per heavy atom. The number of halogens is 1. The summed E-state index contributed by atoms with van der Waals surface area (Å²) in [5, 5.41) is 6.85. The molecule has 0 radical (unpaired) electrons. The first-order valence-electron chi connectivity index (χ1n) is 8.07. The number of guanidine groups is 1. The van der Waals surface area contributed by atoms with Crippen LogP contribution in [0.4, 0.5) is 0 Å². The molecule has 1 heterocycles. The lowest BCUT2D eigenvalue weighted by atomic mass is 9.88. The van der Waals surface area contributed by atoms with Gasteiger partial charge in [-0.05, 0) is 38.4 Å². The Kier molecular flexibility index (Phi) is 11.1. The first-order chi connectivity index (χ1) is 9.89. The van der Waals surface area contributed by atoms with Crippen molar-refractivity contribution in [2.75, 3.05) is 45.2 Å². The molecule has 4 nitrogen and oxygen atoms in total. The summed E-state index contributed by atoms with van der Waals surface area (Å²) >= 11 is 1.85. The van der Waals surface area contributed by atoms with E-state index in [4.69, 9.17) is 0 Å². The summed E-state index contributed by atoms with van der Waals surface area (Å²) in [6.07, 6.45) is 3.48. The van der Waals surface area contributed by atoms with Gasteiger partial charge < -0.3 is 10.6 Å². The Bertz CT molecular complexity index is 326. The molecule has 0 aliphatic carbocycles. The molecule has 0 aromatic rings. The Balaban J connectivity index is 0.00000441. The summed E-state index contributed by atoms with van der Waals surface area (Å²) in [6, 6.07) is 0. The zero-order chi connectivity index (χ0) is 15.9. The van der Waals surface area contributed by atoms with E-state index in [2.05, 4.69) is 54.5 Å². The van der Waals surface area contributed by atoms with Gasteiger partial charge in [0.25, 0.3) is 0 Å². The fourth-order valence-electron chi connectivity index (χ4n) is 3.06. The van der Waals surface area contributed by atoms with Crippen molar-refractivity contribution in [3.8, 4) is 0 Å². The van der Waals surface area contributed by atoms with Crippen molar-refractivity contribution in [1.29, 1.82) is 0 Å². The molecular weight excluding hydrogens is 407 g/mol. The van der Waals surface area contributed by atoms with E-state index in [9.17, 15) is 0 Å². The molecule has 0 aromatic heterocycles. The van der Waals surface area contributed by atoms with Crippen molar-refractivity contribution in [3.63, 3.8) is 0 Å². The summed E-state index contributed by atoms with van der Waals surface area (Å²) in [7, 11) is 1.84. The normalized spacial score (nSPS) is 23.8. The van der Waals surface area contributed by atoms with E-state index in [1.165, 1.54) is 19.5 Å².